The standard InChI is InChI=1S/C24H38N4O4/c1-4-13-28(14-5-2)24(31)8-6-7-23(30)26(3)19-22(29)25-20-9-11-21(12-10-20)27-15-17-32-18-16-27/h9-12H,4-8,13-19H2,1-3H3,(H,25,29). The van der Waals surface area contributed by atoms with Crippen LogP contribution in [0.4, 0.5) is 11.4 Å². The van der Waals surface area contributed by atoms with Crippen molar-refractivity contribution in [1.29, 1.82) is 0 Å². The highest BCUT2D eigenvalue weighted by Gasteiger charge is 2.16. The largest absolute Gasteiger partial charge is 0.378 e. The molecule has 1 fully saturated rings. The van der Waals surface area contributed by atoms with Crippen LogP contribution in [0.3, 0.4) is 0 Å². The molecule has 2 rings (SSSR count). The number of rotatable bonds is 12. The van der Waals surface area contributed by atoms with Crippen molar-refractivity contribution in [3.05, 3.63) is 24.3 Å². The maximum Gasteiger partial charge on any atom is 0.243 e. The second-order valence-electron chi connectivity index (χ2n) is 8.18. The van der Waals surface area contributed by atoms with E-state index < -0.39 is 0 Å². The van der Waals surface area contributed by atoms with E-state index in [9.17, 15) is 14.4 Å². The Labute approximate surface area is 191 Å². The van der Waals surface area contributed by atoms with E-state index in [0.717, 1.165) is 57.9 Å². The average Bonchev–Trinajstić information content (AvgIpc) is 2.79. The van der Waals surface area contributed by atoms with Gasteiger partial charge in [0.15, 0.2) is 0 Å². The molecule has 1 aliphatic rings. The van der Waals surface area contributed by atoms with Gasteiger partial charge in [-0.05, 0) is 43.5 Å². The molecule has 32 heavy (non-hydrogen) atoms. The highest BCUT2D eigenvalue weighted by atomic mass is 16.5. The number of nitrogens with one attached hydrogen (secondary N) is 1. The summed E-state index contributed by atoms with van der Waals surface area (Å²) in [6.07, 6.45) is 2.98. The van der Waals surface area contributed by atoms with Crippen LogP contribution in [0.15, 0.2) is 24.3 Å². The number of carbonyl (C=O) groups excluding carboxylic acids is 3. The zero-order chi connectivity index (χ0) is 23.3. The summed E-state index contributed by atoms with van der Waals surface area (Å²) in [5.41, 5.74) is 1.80. The minimum Gasteiger partial charge on any atom is -0.378 e. The topological polar surface area (TPSA) is 82.2 Å². The molecule has 1 aromatic rings. The quantitative estimate of drug-likeness (QED) is 0.534. The molecule has 0 radical (unpaired) electrons. The van der Waals surface area contributed by atoms with Crippen LogP contribution in [-0.2, 0) is 19.1 Å². The second-order valence-corrected chi connectivity index (χ2v) is 8.18. The Morgan fingerprint density at radius 2 is 1.56 bits per heavy atom. The van der Waals surface area contributed by atoms with E-state index in [-0.39, 0.29) is 30.7 Å². The number of nitrogens with zero attached hydrogens (tertiary/aromatic N) is 3. The predicted molar refractivity (Wildman–Crippen MR) is 127 cm³/mol. The maximum absolute atomic E-state index is 12.4. The van der Waals surface area contributed by atoms with Crippen molar-refractivity contribution in [2.24, 2.45) is 0 Å². The number of hydrogen-bond acceptors (Lipinski definition) is 5. The van der Waals surface area contributed by atoms with Crippen molar-refractivity contribution in [3.8, 4) is 0 Å². The predicted octanol–water partition coefficient (Wildman–Crippen LogP) is 2.74. The first-order valence-corrected chi connectivity index (χ1v) is 11.7. The van der Waals surface area contributed by atoms with E-state index in [1.807, 2.05) is 29.2 Å². The average molecular weight is 447 g/mol. The van der Waals surface area contributed by atoms with Crippen LogP contribution in [0.1, 0.15) is 46.0 Å². The molecule has 1 heterocycles. The minimum atomic E-state index is -0.242. The first-order valence-electron chi connectivity index (χ1n) is 11.7. The minimum absolute atomic E-state index is 0.0181. The molecule has 8 nitrogen and oxygen atoms in total. The first kappa shape index (κ1) is 25.6. The Hall–Kier alpha value is -2.61. The fraction of sp³-hybridized carbons (Fsp3) is 0.625. The molecule has 1 aliphatic heterocycles. The smallest absolute Gasteiger partial charge is 0.243 e. The molecule has 0 aromatic heterocycles. The molecule has 1 aromatic carbocycles. The Morgan fingerprint density at radius 3 is 2.16 bits per heavy atom. The number of amides is 3. The molecule has 8 heteroatoms. The highest BCUT2D eigenvalue weighted by molar-refractivity contribution is 5.94. The Balaban J connectivity index is 1.72. The van der Waals surface area contributed by atoms with Gasteiger partial charge in [0.25, 0.3) is 0 Å². The summed E-state index contributed by atoms with van der Waals surface area (Å²) in [7, 11) is 1.62. The van der Waals surface area contributed by atoms with E-state index >= 15 is 0 Å². The van der Waals surface area contributed by atoms with Gasteiger partial charge in [0.05, 0.1) is 19.8 Å². The van der Waals surface area contributed by atoms with Gasteiger partial charge in [0.1, 0.15) is 0 Å². The molecule has 0 bridgehead atoms. The summed E-state index contributed by atoms with van der Waals surface area (Å²) in [6.45, 7) is 8.78. The fourth-order valence-corrected chi connectivity index (χ4v) is 3.72. The van der Waals surface area contributed by atoms with Gasteiger partial charge in [-0.2, -0.15) is 0 Å². The number of ether oxygens (including phenoxy) is 1. The summed E-state index contributed by atoms with van der Waals surface area (Å²) in [5, 5.41) is 2.84. The zero-order valence-electron chi connectivity index (χ0n) is 19.8. The SMILES string of the molecule is CCCN(CCC)C(=O)CCCC(=O)N(C)CC(=O)Nc1ccc(N2CCOCC2)cc1. The van der Waals surface area contributed by atoms with E-state index in [2.05, 4.69) is 24.1 Å². The molecular formula is C24H38N4O4. The molecule has 1 saturated heterocycles. The number of likely N-dealkylation sites (N-methyl/N-ethyl adjacent to an activating group) is 1. The molecular weight excluding hydrogens is 408 g/mol. The number of morpholine rings is 1. The van der Waals surface area contributed by atoms with Crippen LogP contribution in [-0.4, -0.2) is 80.5 Å². The van der Waals surface area contributed by atoms with Gasteiger partial charge >= 0.3 is 0 Å². The fourth-order valence-electron chi connectivity index (χ4n) is 3.72. The summed E-state index contributed by atoms with van der Waals surface area (Å²) in [5.74, 6) is -0.274. The van der Waals surface area contributed by atoms with Gasteiger partial charge in [-0.1, -0.05) is 13.8 Å². The van der Waals surface area contributed by atoms with E-state index in [0.29, 0.717) is 18.5 Å². The highest BCUT2D eigenvalue weighted by Crippen LogP contribution is 2.19. The van der Waals surface area contributed by atoms with Crippen molar-refractivity contribution in [2.45, 2.75) is 46.0 Å². The maximum atomic E-state index is 12.4. The normalized spacial score (nSPS) is 13.5. The van der Waals surface area contributed by atoms with Crippen molar-refractivity contribution in [2.75, 3.05) is 63.2 Å². The molecule has 0 unspecified atom stereocenters. The lowest BCUT2D eigenvalue weighted by molar-refractivity contribution is -0.134. The van der Waals surface area contributed by atoms with Crippen LogP contribution in [0.2, 0.25) is 0 Å². The number of anilines is 2. The van der Waals surface area contributed by atoms with Crippen LogP contribution < -0.4 is 10.2 Å². The Morgan fingerprint density at radius 1 is 0.969 bits per heavy atom. The van der Waals surface area contributed by atoms with Gasteiger partial charge in [-0.15, -0.1) is 0 Å². The first-order chi connectivity index (χ1) is 15.4. The van der Waals surface area contributed by atoms with Crippen LogP contribution in [0.25, 0.3) is 0 Å². The van der Waals surface area contributed by atoms with Gasteiger partial charge in [0, 0.05) is 57.4 Å². The van der Waals surface area contributed by atoms with Gasteiger partial charge < -0.3 is 24.8 Å². The molecule has 0 saturated carbocycles. The van der Waals surface area contributed by atoms with Gasteiger partial charge in [0.2, 0.25) is 17.7 Å². The lowest BCUT2D eigenvalue weighted by atomic mass is 10.2. The summed E-state index contributed by atoms with van der Waals surface area (Å²) >= 11 is 0. The monoisotopic (exact) mass is 446 g/mol. The lowest BCUT2D eigenvalue weighted by Gasteiger charge is -2.28. The Kier molecular flexibility index (Phi) is 11.0. The molecule has 0 atom stereocenters. The molecule has 178 valence electrons. The zero-order valence-corrected chi connectivity index (χ0v) is 19.8. The summed E-state index contributed by atoms with van der Waals surface area (Å²) in [4.78, 5) is 42.5. The van der Waals surface area contributed by atoms with E-state index in [1.54, 1.807) is 7.05 Å². The van der Waals surface area contributed by atoms with E-state index in [4.69, 9.17) is 4.74 Å². The molecule has 0 aliphatic carbocycles. The molecule has 3 amide bonds. The van der Waals surface area contributed by atoms with E-state index in [1.165, 1.54) is 4.90 Å². The van der Waals surface area contributed by atoms with Crippen LogP contribution in [0, 0.1) is 0 Å². The number of hydrogen-bond donors (Lipinski definition) is 1. The second kappa shape index (κ2) is 13.7. The van der Waals surface area contributed by atoms with Crippen LogP contribution >= 0.6 is 0 Å². The van der Waals surface area contributed by atoms with Gasteiger partial charge in [-0.25, -0.2) is 0 Å². The summed E-state index contributed by atoms with van der Waals surface area (Å²) < 4.78 is 5.37. The Bertz CT molecular complexity index is 726. The van der Waals surface area contributed by atoms with Crippen molar-refractivity contribution < 1.29 is 19.1 Å². The third-order valence-electron chi connectivity index (χ3n) is 5.45. The molecule has 1 N–H and O–H groups in total. The van der Waals surface area contributed by atoms with Crippen molar-refractivity contribution >= 4 is 29.1 Å². The third-order valence-corrected chi connectivity index (χ3v) is 5.45. The van der Waals surface area contributed by atoms with Gasteiger partial charge in [-0.3, -0.25) is 14.4 Å². The third kappa shape index (κ3) is 8.49. The summed E-state index contributed by atoms with van der Waals surface area (Å²) in [6, 6.07) is 7.70. The number of benzene rings is 1. The van der Waals surface area contributed by atoms with Crippen LogP contribution in [0.5, 0.6) is 0 Å². The lowest BCUT2D eigenvalue weighted by Crippen LogP contribution is -2.36. The number of carbonyl (C=O) groups is 3. The van der Waals surface area contributed by atoms with Crippen molar-refractivity contribution in [3.63, 3.8) is 0 Å². The van der Waals surface area contributed by atoms with Crippen molar-refractivity contribution in [1.82, 2.24) is 9.80 Å². The molecule has 0 spiro atoms.